The van der Waals surface area contributed by atoms with E-state index in [0.29, 0.717) is 5.56 Å². The zero-order valence-electron chi connectivity index (χ0n) is 20.1. The lowest BCUT2D eigenvalue weighted by atomic mass is 9.87. The Bertz CT molecular complexity index is 1280. The van der Waals surface area contributed by atoms with E-state index in [4.69, 9.17) is 9.72 Å². The molecule has 1 atom stereocenters. The summed E-state index contributed by atoms with van der Waals surface area (Å²) in [6.45, 7) is 2.28. The van der Waals surface area contributed by atoms with Crippen LogP contribution in [0, 0.1) is 5.92 Å². The number of carbonyl (C=O) groups is 1. The van der Waals surface area contributed by atoms with Crippen LogP contribution in [0.5, 0.6) is 0 Å². The molecule has 2 aromatic heterocycles. The molecule has 180 valence electrons. The van der Waals surface area contributed by atoms with Crippen molar-refractivity contribution in [3.8, 4) is 11.4 Å². The number of hydrogen-bond acceptors (Lipinski definition) is 5. The summed E-state index contributed by atoms with van der Waals surface area (Å²) in [5.41, 5.74) is 5.18. The zero-order valence-corrected chi connectivity index (χ0v) is 20.1. The van der Waals surface area contributed by atoms with Crippen LogP contribution in [0.4, 0.5) is 5.69 Å². The third kappa shape index (κ3) is 5.35. The summed E-state index contributed by atoms with van der Waals surface area (Å²) in [6, 6.07) is 17.8. The van der Waals surface area contributed by atoms with Crippen molar-refractivity contribution in [1.29, 1.82) is 0 Å². The Kier molecular flexibility index (Phi) is 6.77. The van der Waals surface area contributed by atoms with Gasteiger partial charge in [0.25, 0.3) is 5.91 Å². The number of aromatic amines is 1. The number of imidazole rings is 1. The molecule has 2 aromatic carbocycles. The molecule has 1 aliphatic carbocycles. The number of fused-ring (bicyclic) bond motifs is 1. The third-order valence-electron chi connectivity index (χ3n) is 6.78. The summed E-state index contributed by atoms with van der Waals surface area (Å²) in [5.74, 6) is 1.51. The quantitative estimate of drug-likeness (QED) is 0.302. The van der Waals surface area contributed by atoms with Crippen LogP contribution in [0.2, 0.25) is 0 Å². The first-order valence-electron chi connectivity index (χ1n) is 12.2. The van der Waals surface area contributed by atoms with E-state index in [1.165, 1.54) is 12.8 Å². The zero-order chi connectivity index (χ0) is 24.2. The number of nitrogens with zero attached hydrogens (tertiary/aromatic N) is 2. The second-order valence-corrected chi connectivity index (χ2v) is 9.37. The molecule has 0 radical (unpaired) electrons. The van der Waals surface area contributed by atoms with Gasteiger partial charge in [0.05, 0.1) is 22.9 Å². The summed E-state index contributed by atoms with van der Waals surface area (Å²) >= 11 is 0. The minimum atomic E-state index is -0.294. The number of amides is 1. The molecule has 4 aromatic rings. The Morgan fingerprint density at radius 2 is 1.89 bits per heavy atom. The van der Waals surface area contributed by atoms with E-state index in [0.717, 1.165) is 52.4 Å². The van der Waals surface area contributed by atoms with E-state index >= 15 is 0 Å². The average Bonchev–Trinajstić information content (AvgIpc) is 3.33. The molecular weight excluding hydrogens is 438 g/mol. The summed E-state index contributed by atoms with van der Waals surface area (Å²) in [7, 11) is 1.67. The molecule has 1 aliphatic rings. The SMILES string of the molecule is COC(Nc1cccnc1)c1ccc(-c2nc3ccc(C(=O)NC4CCC(C)CC4)cc3[nH]2)cc1. The topological polar surface area (TPSA) is 91.9 Å². The molecule has 5 rings (SSSR count). The smallest absolute Gasteiger partial charge is 0.251 e. The largest absolute Gasteiger partial charge is 0.357 e. The molecule has 1 saturated carbocycles. The molecule has 1 unspecified atom stereocenters. The van der Waals surface area contributed by atoms with Gasteiger partial charge in [-0.3, -0.25) is 9.78 Å². The van der Waals surface area contributed by atoms with Gasteiger partial charge in [-0.1, -0.05) is 31.2 Å². The molecule has 0 spiro atoms. The van der Waals surface area contributed by atoms with E-state index in [1.54, 1.807) is 19.5 Å². The number of aromatic nitrogens is 3. The van der Waals surface area contributed by atoms with Crippen LogP contribution >= 0.6 is 0 Å². The van der Waals surface area contributed by atoms with Gasteiger partial charge in [-0.2, -0.15) is 0 Å². The fourth-order valence-electron chi connectivity index (χ4n) is 4.65. The predicted octanol–water partition coefficient (Wildman–Crippen LogP) is 5.69. The highest BCUT2D eigenvalue weighted by Gasteiger charge is 2.20. The molecule has 0 bridgehead atoms. The van der Waals surface area contributed by atoms with Crippen LogP contribution < -0.4 is 10.6 Å². The molecule has 35 heavy (non-hydrogen) atoms. The number of carbonyl (C=O) groups excluding carboxylic acids is 1. The highest BCUT2D eigenvalue weighted by Crippen LogP contribution is 2.26. The molecule has 1 fully saturated rings. The number of methoxy groups -OCH3 is 1. The van der Waals surface area contributed by atoms with Crippen molar-refractivity contribution < 1.29 is 9.53 Å². The number of anilines is 1. The van der Waals surface area contributed by atoms with Gasteiger partial charge in [-0.15, -0.1) is 0 Å². The van der Waals surface area contributed by atoms with Crippen molar-refractivity contribution in [3.63, 3.8) is 0 Å². The van der Waals surface area contributed by atoms with Gasteiger partial charge in [0.2, 0.25) is 0 Å². The van der Waals surface area contributed by atoms with Crippen LogP contribution in [-0.2, 0) is 4.74 Å². The van der Waals surface area contributed by atoms with Crippen molar-refractivity contribution in [1.82, 2.24) is 20.3 Å². The van der Waals surface area contributed by atoms with Crippen molar-refractivity contribution >= 4 is 22.6 Å². The maximum atomic E-state index is 12.8. The fourth-order valence-corrected chi connectivity index (χ4v) is 4.65. The Balaban J connectivity index is 1.29. The van der Waals surface area contributed by atoms with Crippen molar-refractivity contribution in [2.75, 3.05) is 12.4 Å². The minimum Gasteiger partial charge on any atom is -0.357 e. The number of ether oxygens (including phenoxy) is 1. The maximum Gasteiger partial charge on any atom is 0.251 e. The third-order valence-corrected chi connectivity index (χ3v) is 6.78. The Labute approximate surface area is 205 Å². The highest BCUT2D eigenvalue weighted by molar-refractivity contribution is 5.97. The van der Waals surface area contributed by atoms with Gasteiger partial charge in [0, 0.05) is 36.0 Å². The van der Waals surface area contributed by atoms with Crippen LogP contribution in [0.25, 0.3) is 22.4 Å². The molecule has 7 nitrogen and oxygen atoms in total. The molecule has 0 aliphatic heterocycles. The first-order valence-corrected chi connectivity index (χ1v) is 12.2. The molecule has 3 N–H and O–H groups in total. The number of hydrogen-bond donors (Lipinski definition) is 3. The summed E-state index contributed by atoms with van der Waals surface area (Å²) in [6.07, 6.45) is 7.68. The minimum absolute atomic E-state index is 0.0151. The molecule has 2 heterocycles. The van der Waals surface area contributed by atoms with Crippen LogP contribution in [0.3, 0.4) is 0 Å². The van der Waals surface area contributed by atoms with Gasteiger partial charge in [0.15, 0.2) is 6.23 Å². The van der Waals surface area contributed by atoms with Gasteiger partial charge in [-0.05, 0) is 61.9 Å². The molecule has 1 amide bonds. The number of H-pyrrole nitrogens is 1. The van der Waals surface area contributed by atoms with Gasteiger partial charge in [0.1, 0.15) is 5.82 Å². The van der Waals surface area contributed by atoms with E-state index < -0.39 is 0 Å². The normalized spacial score (nSPS) is 18.8. The van der Waals surface area contributed by atoms with Crippen molar-refractivity contribution in [2.45, 2.75) is 44.9 Å². The average molecular weight is 470 g/mol. The van der Waals surface area contributed by atoms with Gasteiger partial charge < -0.3 is 20.4 Å². The van der Waals surface area contributed by atoms with Crippen molar-refractivity contribution in [3.05, 3.63) is 78.1 Å². The van der Waals surface area contributed by atoms with E-state index in [1.807, 2.05) is 54.6 Å². The Morgan fingerprint density at radius 3 is 2.60 bits per heavy atom. The number of rotatable bonds is 7. The van der Waals surface area contributed by atoms with E-state index in [-0.39, 0.29) is 18.2 Å². The monoisotopic (exact) mass is 469 g/mol. The molecule has 0 saturated heterocycles. The second-order valence-electron chi connectivity index (χ2n) is 9.37. The first kappa shape index (κ1) is 23.1. The summed E-state index contributed by atoms with van der Waals surface area (Å²) < 4.78 is 5.63. The van der Waals surface area contributed by atoms with Crippen LogP contribution in [0.15, 0.2) is 67.0 Å². The predicted molar refractivity (Wildman–Crippen MR) is 138 cm³/mol. The highest BCUT2D eigenvalue weighted by atomic mass is 16.5. The lowest BCUT2D eigenvalue weighted by Gasteiger charge is -2.26. The van der Waals surface area contributed by atoms with E-state index in [2.05, 4.69) is 27.5 Å². The van der Waals surface area contributed by atoms with Crippen LogP contribution in [0.1, 0.15) is 54.8 Å². The lowest BCUT2D eigenvalue weighted by Crippen LogP contribution is -2.37. The Morgan fingerprint density at radius 1 is 1.09 bits per heavy atom. The number of benzene rings is 2. The molecular formula is C28H31N5O2. The van der Waals surface area contributed by atoms with E-state index in [9.17, 15) is 4.79 Å². The van der Waals surface area contributed by atoms with Gasteiger partial charge >= 0.3 is 0 Å². The molecule has 7 heteroatoms. The van der Waals surface area contributed by atoms with Crippen molar-refractivity contribution in [2.24, 2.45) is 5.92 Å². The lowest BCUT2D eigenvalue weighted by molar-refractivity contribution is 0.0923. The van der Waals surface area contributed by atoms with Crippen LogP contribution in [-0.4, -0.2) is 34.0 Å². The second kappa shape index (κ2) is 10.3. The first-order chi connectivity index (χ1) is 17.1. The fraction of sp³-hybridized carbons (Fsp3) is 0.321. The standard InChI is InChI=1S/C28H31N5O2/c1-18-5-12-22(13-6-18)30-27(34)21-11-14-24-25(16-21)33-26(32-24)19-7-9-20(10-8-19)28(35-2)31-23-4-3-15-29-17-23/h3-4,7-11,14-18,22,28,31H,5-6,12-13H2,1-2H3,(H,30,34)(H,32,33). The Hall–Kier alpha value is -3.71. The number of nitrogens with one attached hydrogen (secondary N) is 3. The number of pyridine rings is 1. The summed E-state index contributed by atoms with van der Waals surface area (Å²) in [5, 5.41) is 6.53. The van der Waals surface area contributed by atoms with Gasteiger partial charge in [-0.25, -0.2) is 4.98 Å². The maximum absolute atomic E-state index is 12.8. The summed E-state index contributed by atoms with van der Waals surface area (Å²) in [4.78, 5) is 25.0.